The number of ether oxygens (including phenoxy) is 1. The van der Waals surface area contributed by atoms with Crippen LogP contribution in [0.5, 0.6) is 5.75 Å². The van der Waals surface area contributed by atoms with Gasteiger partial charge < -0.3 is 15.8 Å². The quantitative estimate of drug-likeness (QED) is 0.767. The largest absolute Gasteiger partial charge is 0.496 e. The Kier molecular flexibility index (Phi) is 6.22. The summed E-state index contributed by atoms with van der Waals surface area (Å²) in [5.74, 6) is 0.907. The summed E-state index contributed by atoms with van der Waals surface area (Å²) >= 11 is 0. The Labute approximate surface area is 109 Å². The number of carbonyl (C=O) groups is 1. The first kappa shape index (κ1) is 14.5. The van der Waals surface area contributed by atoms with Gasteiger partial charge in [-0.25, -0.2) is 0 Å². The zero-order valence-corrected chi connectivity index (χ0v) is 11.1. The molecule has 1 amide bonds. The first-order valence-electron chi connectivity index (χ1n) is 6.28. The normalized spacial score (nSPS) is 11.9. The number of methoxy groups -OCH3 is 1. The van der Waals surface area contributed by atoms with Crippen molar-refractivity contribution in [1.29, 1.82) is 0 Å². The summed E-state index contributed by atoms with van der Waals surface area (Å²) in [6.07, 6.45) is 1.49. The van der Waals surface area contributed by atoms with E-state index in [1.165, 1.54) is 0 Å². The number of hydrogen-bond acceptors (Lipinski definition) is 3. The molecule has 0 bridgehead atoms. The molecular weight excluding hydrogens is 228 g/mol. The lowest BCUT2D eigenvalue weighted by molar-refractivity contribution is -0.124. The van der Waals surface area contributed by atoms with Crippen LogP contribution in [-0.4, -0.2) is 26.1 Å². The van der Waals surface area contributed by atoms with E-state index in [9.17, 15) is 4.79 Å². The minimum atomic E-state index is -0.0207. The molecule has 0 fully saturated rings. The Morgan fingerprint density at radius 2 is 2.17 bits per heavy atom. The second kappa shape index (κ2) is 7.71. The van der Waals surface area contributed by atoms with Crippen LogP contribution in [0.2, 0.25) is 0 Å². The average molecular weight is 250 g/mol. The molecule has 0 saturated carbocycles. The number of amides is 1. The fourth-order valence-corrected chi connectivity index (χ4v) is 1.79. The fourth-order valence-electron chi connectivity index (χ4n) is 1.79. The van der Waals surface area contributed by atoms with Gasteiger partial charge in [0.1, 0.15) is 5.75 Å². The van der Waals surface area contributed by atoms with Gasteiger partial charge in [-0.05, 0) is 31.0 Å². The van der Waals surface area contributed by atoms with Gasteiger partial charge >= 0.3 is 0 Å². The number of hydrogen-bond donors (Lipinski definition) is 2. The molecule has 100 valence electrons. The van der Waals surface area contributed by atoms with Gasteiger partial charge in [-0.15, -0.1) is 0 Å². The van der Waals surface area contributed by atoms with Crippen LogP contribution in [0.4, 0.5) is 0 Å². The standard InChI is InChI=1S/C14H22N2O2/c1-11(7-9-15)14(17)16-10-8-12-5-3-4-6-13(12)18-2/h3-6,11H,7-10,15H2,1-2H3,(H,16,17). The van der Waals surface area contributed by atoms with E-state index in [1.54, 1.807) is 7.11 Å². The molecular formula is C14H22N2O2. The number of rotatable bonds is 7. The van der Waals surface area contributed by atoms with Gasteiger partial charge in [0.2, 0.25) is 5.91 Å². The van der Waals surface area contributed by atoms with Crippen LogP contribution >= 0.6 is 0 Å². The highest BCUT2D eigenvalue weighted by atomic mass is 16.5. The third-order valence-corrected chi connectivity index (χ3v) is 2.93. The lowest BCUT2D eigenvalue weighted by Gasteiger charge is -2.12. The highest BCUT2D eigenvalue weighted by Crippen LogP contribution is 2.17. The Bertz CT molecular complexity index is 380. The number of nitrogens with two attached hydrogens (primary N) is 1. The van der Waals surface area contributed by atoms with Crippen LogP contribution in [-0.2, 0) is 11.2 Å². The van der Waals surface area contributed by atoms with Crippen molar-refractivity contribution < 1.29 is 9.53 Å². The molecule has 1 unspecified atom stereocenters. The highest BCUT2D eigenvalue weighted by molar-refractivity contribution is 5.78. The molecule has 3 N–H and O–H groups in total. The van der Waals surface area contributed by atoms with E-state index in [0.717, 1.165) is 24.2 Å². The van der Waals surface area contributed by atoms with Crippen molar-refractivity contribution in [2.45, 2.75) is 19.8 Å². The Hall–Kier alpha value is -1.55. The fraction of sp³-hybridized carbons (Fsp3) is 0.500. The van der Waals surface area contributed by atoms with Crippen molar-refractivity contribution in [3.8, 4) is 5.75 Å². The molecule has 1 rings (SSSR count). The maximum atomic E-state index is 11.7. The monoisotopic (exact) mass is 250 g/mol. The van der Waals surface area contributed by atoms with Gasteiger partial charge in [-0.2, -0.15) is 0 Å². The lowest BCUT2D eigenvalue weighted by atomic mass is 10.1. The Morgan fingerprint density at radius 3 is 2.83 bits per heavy atom. The SMILES string of the molecule is COc1ccccc1CCNC(=O)C(C)CCN. The summed E-state index contributed by atoms with van der Waals surface area (Å²) in [6, 6.07) is 7.84. The van der Waals surface area contributed by atoms with Gasteiger partial charge in [0.25, 0.3) is 0 Å². The zero-order chi connectivity index (χ0) is 13.4. The van der Waals surface area contributed by atoms with Crippen LogP contribution in [0, 0.1) is 5.92 Å². The molecule has 4 heteroatoms. The van der Waals surface area contributed by atoms with E-state index in [-0.39, 0.29) is 11.8 Å². The van der Waals surface area contributed by atoms with Gasteiger partial charge in [0, 0.05) is 12.5 Å². The number of nitrogens with one attached hydrogen (secondary N) is 1. The summed E-state index contributed by atoms with van der Waals surface area (Å²) in [7, 11) is 1.65. The molecule has 0 spiro atoms. The Balaban J connectivity index is 2.39. The van der Waals surface area contributed by atoms with Crippen molar-refractivity contribution in [2.24, 2.45) is 11.7 Å². The average Bonchev–Trinajstić information content (AvgIpc) is 2.39. The summed E-state index contributed by atoms with van der Waals surface area (Å²) in [6.45, 7) is 3.06. The number of carbonyl (C=O) groups excluding carboxylic acids is 1. The van der Waals surface area contributed by atoms with E-state index in [2.05, 4.69) is 5.32 Å². The van der Waals surface area contributed by atoms with E-state index >= 15 is 0 Å². The van der Waals surface area contributed by atoms with Crippen molar-refractivity contribution in [1.82, 2.24) is 5.32 Å². The first-order chi connectivity index (χ1) is 8.69. The third kappa shape index (κ3) is 4.37. The van der Waals surface area contributed by atoms with Crippen LogP contribution in [0.15, 0.2) is 24.3 Å². The second-order valence-corrected chi connectivity index (χ2v) is 4.33. The molecule has 0 radical (unpaired) electrons. The summed E-state index contributed by atoms with van der Waals surface area (Å²) < 4.78 is 5.26. The molecule has 0 heterocycles. The highest BCUT2D eigenvalue weighted by Gasteiger charge is 2.11. The van der Waals surface area contributed by atoms with Gasteiger partial charge in [-0.1, -0.05) is 25.1 Å². The molecule has 0 saturated heterocycles. The number of benzene rings is 1. The molecule has 0 aromatic heterocycles. The summed E-state index contributed by atoms with van der Waals surface area (Å²) in [5, 5.41) is 2.92. The summed E-state index contributed by atoms with van der Waals surface area (Å²) in [4.78, 5) is 11.7. The van der Waals surface area contributed by atoms with Crippen molar-refractivity contribution in [3.05, 3.63) is 29.8 Å². The van der Waals surface area contributed by atoms with E-state index in [1.807, 2.05) is 31.2 Å². The molecule has 1 aromatic carbocycles. The molecule has 18 heavy (non-hydrogen) atoms. The molecule has 1 aromatic rings. The maximum Gasteiger partial charge on any atom is 0.222 e. The molecule has 0 aliphatic rings. The van der Waals surface area contributed by atoms with Crippen LogP contribution in [0.3, 0.4) is 0 Å². The predicted octanol–water partition coefficient (Wildman–Crippen LogP) is 1.34. The topological polar surface area (TPSA) is 64.3 Å². The van der Waals surface area contributed by atoms with Gasteiger partial charge in [0.05, 0.1) is 7.11 Å². The van der Waals surface area contributed by atoms with Crippen molar-refractivity contribution >= 4 is 5.91 Å². The second-order valence-electron chi connectivity index (χ2n) is 4.33. The predicted molar refractivity (Wildman–Crippen MR) is 72.5 cm³/mol. The minimum Gasteiger partial charge on any atom is -0.496 e. The van der Waals surface area contributed by atoms with E-state index in [0.29, 0.717) is 13.1 Å². The third-order valence-electron chi connectivity index (χ3n) is 2.93. The zero-order valence-electron chi connectivity index (χ0n) is 11.1. The molecule has 0 aliphatic heterocycles. The smallest absolute Gasteiger partial charge is 0.222 e. The molecule has 4 nitrogen and oxygen atoms in total. The van der Waals surface area contributed by atoms with Crippen LogP contribution in [0.25, 0.3) is 0 Å². The van der Waals surface area contributed by atoms with Crippen molar-refractivity contribution in [3.63, 3.8) is 0 Å². The van der Waals surface area contributed by atoms with Crippen LogP contribution < -0.4 is 15.8 Å². The van der Waals surface area contributed by atoms with E-state index in [4.69, 9.17) is 10.5 Å². The van der Waals surface area contributed by atoms with Crippen LogP contribution in [0.1, 0.15) is 18.9 Å². The van der Waals surface area contributed by atoms with Crippen molar-refractivity contribution in [2.75, 3.05) is 20.2 Å². The first-order valence-corrected chi connectivity index (χ1v) is 6.28. The minimum absolute atomic E-state index is 0.0207. The molecule has 0 aliphatic carbocycles. The van der Waals surface area contributed by atoms with Gasteiger partial charge in [-0.3, -0.25) is 4.79 Å². The summed E-state index contributed by atoms with van der Waals surface area (Å²) in [5.41, 5.74) is 6.53. The van der Waals surface area contributed by atoms with Gasteiger partial charge in [0.15, 0.2) is 0 Å². The number of para-hydroxylation sites is 1. The Morgan fingerprint density at radius 1 is 1.44 bits per heavy atom. The van der Waals surface area contributed by atoms with E-state index < -0.39 is 0 Å². The maximum absolute atomic E-state index is 11.7. The lowest BCUT2D eigenvalue weighted by Crippen LogP contribution is -2.31. The molecule has 1 atom stereocenters.